The molecule has 0 saturated carbocycles. The van der Waals surface area contributed by atoms with Gasteiger partial charge in [0.1, 0.15) is 0 Å². The molecule has 0 spiro atoms. The van der Waals surface area contributed by atoms with Crippen LogP contribution in [0.3, 0.4) is 0 Å². The number of aryl methyl sites for hydroxylation is 2. The van der Waals surface area contributed by atoms with Crippen LogP contribution >= 0.6 is 0 Å². The molecule has 2 rings (SSSR count). The van der Waals surface area contributed by atoms with E-state index in [0.29, 0.717) is 12.1 Å². The predicted molar refractivity (Wildman–Crippen MR) is 83.9 cm³/mol. The third kappa shape index (κ3) is 3.49. The first-order chi connectivity index (χ1) is 10.0. The Balaban J connectivity index is 2.15. The number of nitrogens with one attached hydrogen (secondary N) is 1. The maximum absolute atomic E-state index is 12.2. The third-order valence-corrected chi connectivity index (χ3v) is 3.41. The average molecular weight is 286 g/mol. The molecule has 1 amide bonds. The Morgan fingerprint density at radius 2 is 1.95 bits per heavy atom. The monoisotopic (exact) mass is 286 g/mol. The summed E-state index contributed by atoms with van der Waals surface area (Å²) in [5.74, 6) is 0.0326. The second-order valence-corrected chi connectivity index (χ2v) is 5.22. The zero-order valence-corrected chi connectivity index (χ0v) is 13.1. The molecule has 1 aromatic heterocycles. The van der Waals surface area contributed by atoms with E-state index < -0.39 is 0 Å². The first-order valence-corrected chi connectivity index (χ1v) is 7.06. The Morgan fingerprint density at radius 1 is 1.29 bits per heavy atom. The van der Waals surface area contributed by atoms with Crippen molar-refractivity contribution in [2.45, 2.75) is 13.8 Å². The Kier molecular flexibility index (Phi) is 4.75. The van der Waals surface area contributed by atoms with Gasteiger partial charge in [-0.1, -0.05) is 0 Å². The number of hydrogen-bond acceptors (Lipinski definition) is 3. The minimum Gasteiger partial charge on any atom is -0.340 e. The van der Waals surface area contributed by atoms with Crippen LogP contribution in [0.15, 0.2) is 30.3 Å². The van der Waals surface area contributed by atoms with Gasteiger partial charge < -0.3 is 10.2 Å². The Morgan fingerprint density at radius 3 is 2.48 bits per heavy atom. The van der Waals surface area contributed by atoms with Gasteiger partial charge in [0.2, 0.25) is 0 Å². The number of rotatable bonds is 5. The van der Waals surface area contributed by atoms with E-state index in [1.54, 1.807) is 4.90 Å². The molecule has 112 valence electrons. The van der Waals surface area contributed by atoms with Gasteiger partial charge in [0.25, 0.3) is 5.91 Å². The highest BCUT2D eigenvalue weighted by Crippen LogP contribution is 2.13. The van der Waals surface area contributed by atoms with Crippen molar-refractivity contribution in [3.8, 4) is 5.69 Å². The second-order valence-electron chi connectivity index (χ2n) is 5.22. The number of aromatic nitrogens is 2. The van der Waals surface area contributed by atoms with E-state index in [4.69, 9.17) is 0 Å². The Bertz CT molecular complexity index is 616. The molecule has 5 heteroatoms. The van der Waals surface area contributed by atoms with Crippen LogP contribution < -0.4 is 5.32 Å². The van der Waals surface area contributed by atoms with Crippen LogP contribution in [0.5, 0.6) is 0 Å². The Hall–Kier alpha value is -2.14. The quantitative estimate of drug-likeness (QED) is 0.911. The van der Waals surface area contributed by atoms with E-state index in [0.717, 1.165) is 23.6 Å². The van der Waals surface area contributed by atoms with Crippen molar-refractivity contribution in [1.82, 2.24) is 20.0 Å². The number of hydrogen-bond donors (Lipinski definition) is 1. The lowest BCUT2D eigenvalue weighted by molar-refractivity contribution is 0.0797. The molecule has 1 heterocycles. The van der Waals surface area contributed by atoms with Gasteiger partial charge >= 0.3 is 0 Å². The van der Waals surface area contributed by atoms with Crippen LogP contribution in [0, 0.1) is 13.8 Å². The van der Waals surface area contributed by atoms with Crippen LogP contribution in [0.25, 0.3) is 5.69 Å². The van der Waals surface area contributed by atoms with Crippen molar-refractivity contribution in [2.75, 3.05) is 27.2 Å². The molecule has 2 aromatic rings. The van der Waals surface area contributed by atoms with E-state index in [1.165, 1.54) is 0 Å². The van der Waals surface area contributed by atoms with Gasteiger partial charge in [0.05, 0.1) is 11.4 Å². The predicted octanol–water partition coefficient (Wildman–Crippen LogP) is 1.78. The van der Waals surface area contributed by atoms with E-state index >= 15 is 0 Å². The molecule has 0 aliphatic rings. The number of likely N-dealkylation sites (N-methyl/N-ethyl adjacent to an activating group) is 2. The summed E-state index contributed by atoms with van der Waals surface area (Å²) < 4.78 is 1.88. The van der Waals surface area contributed by atoms with E-state index in [9.17, 15) is 4.79 Å². The number of amides is 1. The van der Waals surface area contributed by atoms with Crippen molar-refractivity contribution >= 4 is 5.91 Å². The molecule has 5 nitrogen and oxygen atoms in total. The maximum Gasteiger partial charge on any atom is 0.253 e. The molecule has 0 bridgehead atoms. The molecular weight excluding hydrogens is 264 g/mol. The van der Waals surface area contributed by atoms with Gasteiger partial charge in [-0.05, 0) is 51.2 Å². The van der Waals surface area contributed by atoms with Crippen LogP contribution in [0.4, 0.5) is 0 Å². The number of carbonyl (C=O) groups excluding carboxylic acids is 1. The summed E-state index contributed by atoms with van der Waals surface area (Å²) in [6, 6.07) is 9.59. The normalized spacial score (nSPS) is 10.7. The minimum absolute atomic E-state index is 0.0326. The van der Waals surface area contributed by atoms with E-state index in [-0.39, 0.29) is 5.91 Å². The van der Waals surface area contributed by atoms with Gasteiger partial charge in [-0.2, -0.15) is 5.10 Å². The van der Waals surface area contributed by atoms with Gasteiger partial charge in [-0.25, -0.2) is 4.68 Å². The number of nitrogens with zero attached hydrogens (tertiary/aromatic N) is 3. The second kappa shape index (κ2) is 6.54. The van der Waals surface area contributed by atoms with E-state index in [2.05, 4.69) is 10.4 Å². The number of carbonyl (C=O) groups is 1. The highest BCUT2D eigenvalue weighted by atomic mass is 16.2. The first-order valence-electron chi connectivity index (χ1n) is 7.06. The van der Waals surface area contributed by atoms with Crippen LogP contribution in [0.2, 0.25) is 0 Å². The average Bonchev–Trinajstić information content (AvgIpc) is 2.83. The summed E-state index contributed by atoms with van der Waals surface area (Å²) in [6.07, 6.45) is 0. The first kappa shape index (κ1) is 15.3. The van der Waals surface area contributed by atoms with Crippen molar-refractivity contribution in [3.05, 3.63) is 47.3 Å². The summed E-state index contributed by atoms with van der Waals surface area (Å²) >= 11 is 0. The highest BCUT2D eigenvalue weighted by molar-refractivity contribution is 5.94. The summed E-state index contributed by atoms with van der Waals surface area (Å²) in [7, 11) is 3.69. The minimum atomic E-state index is 0.0326. The molecule has 1 aromatic carbocycles. The van der Waals surface area contributed by atoms with Gasteiger partial charge in [-0.15, -0.1) is 0 Å². The fraction of sp³-hybridized carbons (Fsp3) is 0.375. The standard InChI is InChI=1S/C16H22N4O/c1-12-11-13(2)20(18-12)15-7-5-14(6-8-15)16(21)19(4)10-9-17-3/h5-8,11,17H,9-10H2,1-4H3. The van der Waals surface area contributed by atoms with Crippen LogP contribution in [0.1, 0.15) is 21.7 Å². The summed E-state index contributed by atoms with van der Waals surface area (Å²) in [5.41, 5.74) is 3.73. The van der Waals surface area contributed by atoms with Gasteiger partial charge in [0, 0.05) is 31.4 Å². The molecule has 0 radical (unpaired) electrons. The molecule has 0 aliphatic heterocycles. The summed E-state index contributed by atoms with van der Waals surface area (Å²) in [4.78, 5) is 14.0. The van der Waals surface area contributed by atoms with Gasteiger partial charge in [-0.3, -0.25) is 4.79 Å². The van der Waals surface area contributed by atoms with Crippen molar-refractivity contribution in [3.63, 3.8) is 0 Å². The SMILES string of the molecule is CNCCN(C)C(=O)c1ccc(-n2nc(C)cc2C)cc1. The third-order valence-electron chi connectivity index (χ3n) is 3.41. The molecule has 21 heavy (non-hydrogen) atoms. The fourth-order valence-electron chi connectivity index (χ4n) is 2.24. The number of benzene rings is 1. The van der Waals surface area contributed by atoms with Gasteiger partial charge in [0.15, 0.2) is 0 Å². The molecule has 0 aliphatic carbocycles. The Labute approximate surface area is 125 Å². The lowest BCUT2D eigenvalue weighted by atomic mass is 10.2. The van der Waals surface area contributed by atoms with Crippen molar-refractivity contribution in [2.24, 2.45) is 0 Å². The molecule has 0 saturated heterocycles. The maximum atomic E-state index is 12.2. The van der Waals surface area contributed by atoms with Crippen LogP contribution in [-0.4, -0.2) is 47.8 Å². The molecule has 1 N–H and O–H groups in total. The molecule has 0 fully saturated rings. The van der Waals surface area contributed by atoms with Crippen molar-refractivity contribution < 1.29 is 4.79 Å². The zero-order valence-electron chi connectivity index (χ0n) is 13.1. The molecule has 0 atom stereocenters. The van der Waals surface area contributed by atoms with Crippen molar-refractivity contribution in [1.29, 1.82) is 0 Å². The summed E-state index contributed by atoms with van der Waals surface area (Å²) in [6.45, 7) is 5.46. The molecular formula is C16H22N4O. The molecule has 0 unspecified atom stereocenters. The zero-order chi connectivity index (χ0) is 15.4. The lowest BCUT2D eigenvalue weighted by Gasteiger charge is -2.17. The fourth-order valence-corrected chi connectivity index (χ4v) is 2.24. The van der Waals surface area contributed by atoms with E-state index in [1.807, 2.05) is 63.0 Å². The lowest BCUT2D eigenvalue weighted by Crippen LogP contribution is -2.32. The van der Waals surface area contributed by atoms with Crippen LogP contribution in [-0.2, 0) is 0 Å². The topological polar surface area (TPSA) is 50.2 Å². The summed E-state index contributed by atoms with van der Waals surface area (Å²) in [5, 5.41) is 7.48. The largest absolute Gasteiger partial charge is 0.340 e. The highest BCUT2D eigenvalue weighted by Gasteiger charge is 2.11. The smallest absolute Gasteiger partial charge is 0.253 e.